The van der Waals surface area contributed by atoms with Crippen LogP contribution in [0.5, 0.6) is 0 Å². The summed E-state index contributed by atoms with van der Waals surface area (Å²) in [7, 11) is 0. The highest BCUT2D eigenvalue weighted by atomic mass is 35.5. The van der Waals surface area contributed by atoms with Gasteiger partial charge >= 0.3 is 0 Å². The number of rotatable bonds is 3. The molecule has 2 rings (SSSR count). The second-order valence-corrected chi connectivity index (χ2v) is 4.94. The molecule has 1 aromatic rings. The number of likely N-dealkylation sites (tertiary alicyclic amines) is 1. The zero-order valence-electron chi connectivity index (χ0n) is 10.6. The fourth-order valence-electron chi connectivity index (χ4n) is 2.33. The Balaban J connectivity index is 0.00000144. The first-order valence-electron chi connectivity index (χ1n) is 6.26. The number of aryl methyl sites for hydroxylation is 1. The van der Waals surface area contributed by atoms with Gasteiger partial charge in [0.25, 0.3) is 0 Å². The summed E-state index contributed by atoms with van der Waals surface area (Å²) in [5.74, 6) is 0.759. The maximum atomic E-state index is 5.70. The molecule has 0 amide bonds. The lowest BCUT2D eigenvalue weighted by Crippen LogP contribution is -2.35. The Morgan fingerprint density at radius 2 is 1.76 bits per heavy atom. The summed E-state index contributed by atoms with van der Waals surface area (Å²) >= 11 is 0. The molecule has 96 valence electrons. The van der Waals surface area contributed by atoms with Crippen molar-refractivity contribution < 1.29 is 0 Å². The van der Waals surface area contributed by atoms with Crippen molar-refractivity contribution in [2.24, 2.45) is 11.7 Å². The Bertz CT molecular complexity index is 315. The van der Waals surface area contributed by atoms with E-state index in [0.717, 1.165) is 19.0 Å². The third-order valence-corrected chi connectivity index (χ3v) is 3.57. The van der Waals surface area contributed by atoms with Gasteiger partial charge in [-0.25, -0.2) is 0 Å². The molecule has 0 atom stereocenters. The summed E-state index contributed by atoms with van der Waals surface area (Å²) in [6.45, 7) is 6.50. The van der Waals surface area contributed by atoms with Crippen LogP contribution in [0.2, 0.25) is 0 Å². The first-order chi connectivity index (χ1) is 7.78. The number of benzene rings is 1. The van der Waals surface area contributed by atoms with Crippen LogP contribution in [0.4, 0.5) is 0 Å². The lowest BCUT2D eigenvalue weighted by molar-refractivity contribution is 0.180. The minimum absolute atomic E-state index is 0. The first kappa shape index (κ1) is 14.5. The summed E-state index contributed by atoms with van der Waals surface area (Å²) in [5.41, 5.74) is 8.47. The minimum Gasteiger partial charge on any atom is -0.330 e. The minimum atomic E-state index is 0. The van der Waals surface area contributed by atoms with Crippen molar-refractivity contribution in [3.8, 4) is 0 Å². The number of nitrogens with zero attached hydrogens (tertiary/aromatic N) is 1. The Morgan fingerprint density at radius 3 is 2.29 bits per heavy atom. The van der Waals surface area contributed by atoms with Crippen LogP contribution in [0.25, 0.3) is 0 Å². The largest absolute Gasteiger partial charge is 0.330 e. The molecule has 0 saturated carbocycles. The number of halogens is 1. The number of piperidine rings is 1. The Hall–Kier alpha value is -0.570. The van der Waals surface area contributed by atoms with Crippen molar-refractivity contribution in [2.45, 2.75) is 26.3 Å². The van der Waals surface area contributed by atoms with Crippen LogP contribution < -0.4 is 5.73 Å². The van der Waals surface area contributed by atoms with E-state index in [9.17, 15) is 0 Å². The van der Waals surface area contributed by atoms with E-state index in [-0.39, 0.29) is 12.4 Å². The molecule has 1 aliphatic heterocycles. The monoisotopic (exact) mass is 254 g/mol. The van der Waals surface area contributed by atoms with Gasteiger partial charge in [-0.05, 0) is 50.9 Å². The van der Waals surface area contributed by atoms with Crippen LogP contribution in [-0.4, -0.2) is 24.5 Å². The van der Waals surface area contributed by atoms with Crippen LogP contribution in [0.15, 0.2) is 24.3 Å². The zero-order chi connectivity index (χ0) is 11.4. The van der Waals surface area contributed by atoms with Gasteiger partial charge in [0.05, 0.1) is 0 Å². The van der Waals surface area contributed by atoms with E-state index < -0.39 is 0 Å². The number of hydrogen-bond acceptors (Lipinski definition) is 2. The topological polar surface area (TPSA) is 29.3 Å². The molecule has 2 nitrogen and oxygen atoms in total. The molecule has 17 heavy (non-hydrogen) atoms. The van der Waals surface area contributed by atoms with Crippen LogP contribution in [-0.2, 0) is 6.54 Å². The molecule has 1 saturated heterocycles. The van der Waals surface area contributed by atoms with Crippen molar-refractivity contribution in [1.29, 1.82) is 0 Å². The van der Waals surface area contributed by atoms with Gasteiger partial charge in [0, 0.05) is 6.54 Å². The zero-order valence-corrected chi connectivity index (χ0v) is 11.4. The van der Waals surface area contributed by atoms with Gasteiger partial charge in [0.15, 0.2) is 0 Å². The van der Waals surface area contributed by atoms with Gasteiger partial charge in [0.1, 0.15) is 0 Å². The molecule has 0 aliphatic carbocycles. The SMILES string of the molecule is Cc1ccc(CN2CCC(CN)CC2)cc1.Cl. The van der Waals surface area contributed by atoms with E-state index in [1.165, 1.54) is 37.1 Å². The Kier molecular flexibility index (Phi) is 5.96. The first-order valence-corrected chi connectivity index (χ1v) is 6.26. The fraction of sp³-hybridized carbons (Fsp3) is 0.571. The molecule has 2 N–H and O–H groups in total. The molecular weight excluding hydrogens is 232 g/mol. The van der Waals surface area contributed by atoms with Gasteiger partial charge in [-0.2, -0.15) is 0 Å². The van der Waals surface area contributed by atoms with Crippen molar-refractivity contribution >= 4 is 12.4 Å². The second-order valence-electron chi connectivity index (χ2n) is 4.94. The van der Waals surface area contributed by atoms with Crippen LogP contribution in [0.1, 0.15) is 24.0 Å². The summed E-state index contributed by atoms with van der Waals surface area (Å²) in [6.07, 6.45) is 2.53. The van der Waals surface area contributed by atoms with Gasteiger partial charge in [-0.15, -0.1) is 12.4 Å². The molecule has 0 spiro atoms. The Labute approximate surface area is 111 Å². The van der Waals surface area contributed by atoms with E-state index in [1.807, 2.05) is 0 Å². The van der Waals surface area contributed by atoms with Crippen LogP contribution in [0.3, 0.4) is 0 Å². The van der Waals surface area contributed by atoms with E-state index in [0.29, 0.717) is 0 Å². The summed E-state index contributed by atoms with van der Waals surface area (Å²) < 4.78 is 0. The highest BCUT2D eigenvalue weighted by Gasteiger charge is 2.17. The summed E-state index contributed by atoms with van der Waals surface area (Å²) in [5, 5.41) is 0. The number of nitrogens with two attached hydrogens (primary N) is 1. The predicted octanol–water partition coefficient (Wildman–Crippen LogP) is 2.59. The fourth-order valence-corrected chi connectivity index (χ4v) is 2.33. The lowest BCUT2D eigenvalue weighted by Gasteiger charge is -2.31. The molecular formula is C14H23ClN2. The summed E-state index contributed by atoms with van der Waals surface area (Å²) in [6, 6.07) is 8.87. The lowest BCUT2D eigenvalue weighted by atomic mass is 9.97. The molecule has 0 bridgehead atoms. The average Bonchev–Trinajstić information content (AvgIpc) is 2.33. The highest BCUT2D eigenvalue weighted by molar-refractivity contribution is 5.85. The van der Waals surface area contributed by atoms with Gasteiger partial charge in [-0.3, -0.25) is 4.90 Å². The predicted molar refractivity (Wildman–Crippen MR) is 75.5 cm³/mol. The molecule has 0 unspecified atom stereocenters. The van der Waals surface area contributed by atoms with E-state index in [2.05, 4.69) is 36.1 Å². The quantitative estimate of drug-likeness (QED) is 0.899. The molecule has 1 heterocycles. The van der Waals surface area contributed by atoms with Crippen molar-refractivity contribution in [1.82, 2.24) is 4.90 Å². The van der Waals surface area contributed by atoms with Crippen molar-refractivity contribution in [2.75, 3.05) is 19.6 Å². The highest BCUT2D eigenvalue weighted by Crippen LogP contribution is 2.17. The van der Waals surface area contributed by atoms with E-state index >= 15 is 0 Å². The third kappa shape index (κ3) is 4.30. The van der Waals surface area contributed by atoms with Gasteiger partial charge < -0.3 is 5.73 Å². The maximum Gasteiger partial charge on any atom is 0.0233 e. The third-order valence-electron chi connectivity index (χ3n) is 3.57. The van der Waals surface area contributed by atoms with Crippen molar-refractivity contribution in [3.05, 3.63) is 35.4 Å². The average molecular weight is 255 g/mol. The molecule has 1 fully saturated rings. The molecule has 0 aromatic heterocycles. The van der Waals surface area contributed by atoms with Crippen molar-refractivity contribution in [3.63, 3.8) is 0 Å². The van der Waals surface area contributed by atoms with E-state index in [1.54, 1.807) is 0 Å². The standard InChI is InChI=1S/C14H22N2.ClH/c1-12-2-4-14(5-3-12)11-16-8-6-13(10-15)7-9-16;/h2-5,13H,6-11,15H2,1H3;1H. The molecule has 1 aromatic carbocycles. The smallest absolute Gasteiger partial charge is 0.0233 e. The molecule has 0 radical (unpaired) electrons. The summed E-state index contributed by atoms with van der Waals surface area (Å²) in [4.78, 5) is 2.54. The second kappa shape index (κ2) is 7.00. The molecule has 1 aliphatic rings. The van der Waals surface area contributed by atoms with Crippen LogP contribution >= 0.6 is 12.4 Å². The number of hydrogen-bond donors (Lipinski definition) is 1. The van der Waals surface area contributed by atoms with Crippen LogP contribution in [0, 0.1) is 12.8 Å². The molecule has 3 heteroatoms. The normalized spacial score (nSPS) is 17.8. The van der Waals surface area contributed by atoms with Gasteiger partial charge in [-0.1, -0.05) is 29.8 Å². The van der Waals surface area contributed by atoms with Gasteiger partial charge in [0.2, 0.25) is 0 Å². The van der Waals surface area contributed by atoms with E-state index in [4.69, 9.17) is 5.73 Å². The Morgan fingerprint density at radius 1 is 1.18 bits per heavy atom. The maximum absolute atomic E-state index is 5.70.